The highest BCUT2D eigenvalue weighted by Gasteiger charge is 2.24. The van der Waals surface area contributed by atoms with Gasteiger partial charge >= 0.3 is 0 Å². The van der Waals surface area contributed by atoms with Crippen LogP contribution in [0.25, 0.3) is 21.9 Å². The zero-order chi connectivity index (χ0) is 16.6. The summed E-state index contributed by atoms with van der Waals surface area (Å²) in [5, 5.41) is 10.4. The molecule has 5 rings (SSSR count). The summed E-state index contributed by atoms with van der Waals surface area (Å²) in [6.45, 7) is 0. The van der Waals surface area contributed by atoms with Crippen LogP contribution in [0.5, 0.6) is 0 Å². The minimum Gasteiger partial charge on any atom is -0.354 e. The van der Waals surface area contributed by atoms with Crippen molar-refractivity contribution in [3.63, 3.8) is 0 Å². The van der Waals surface area contributed by atoms with Gasteiger partial charge in [0.15, 0.2) is 22.8 Å². The van der Waals surface area contributed by atoms with Gasteiger partial charge in [0.05, 0.1) is 16.5 Å². The maximum atomic E-state index is 5.50. The molecule has 1 radical (unpaired) electrons. The van der Waals surface area contributed by atoms with Gasteiger partial charge in [-0.05, 0) is 30.3 Å². The van der Waals surface area contributed by atoms with E-state index in [9.17, 15) is 0 Å². The Morgan fingerprint density at radius 2 is 1.24 bits per heavy atom. The Balaban J connectivity index is 1.81. The van der Waals surface area contributed by atoms with Crippen LogP contribution in [0.15, 0.2) is 81.8 Å². The summed E-state index contributed by atoms with van der Waals surface area (Å²) in [4.78, 5) is 1.90. The van der Waals surface area contributed by atoms with Crippen LogP contribution in [0, 0.1) is 6.07 Å². The molecule has 0 spiro atoms. The van der Waals surface area contributed by atoms with Crippen molar-refractivity contribution in [1.29, 1.82) is 0 Å². The molecule has 0 atom stereocenters. The minimum absolute atomic E-state index is 0.650. The highest BCUT2D eigenvalue weighted by Crippen LogP contribution is 2.40. The summed E-state index contributed by atoms with van der Waals surface area (Å²) < 4.78 is 11.0. The van der Waals surface area contributed by atoms with Crippen LogP contribution < -0.4 is 4.90 Å². The molecule has 3 aromatic carbocycles. The first-order valence-corrected chi connectivity index (χ1v) is 7.87. The van der Waals surface area contributed by atoms with Crippen LogP contribution in [0.2, 0.25) is 0 Å². The minimum atomic E-state index is 0.650. The number of benzene rings is 3. The molecule has 0 saturated heterocycles. The second-order valence-electron chi connectivity index (χ2n) is 5.59. The van der Waals surface area contributed by atoms with Crippen molar-refractivity contribution in [2.24, 2.45) is 0 Å². The molecule has 0 aliphatic heterocycles. The lowest BCUT2D eigenvalue weighted by Gasteiger charge is -2.19. The number of nitrogens with zero attached hydrogens (tertiary/aromatic N) is 3. The molecule has 119 valence electrons. The molecule has 5 heteroatoms. The highest BCUT2D eigenvalue weighted by atomic mass is 16.5. The lowest BCUT2D eigenvalue weighted by atomic mass is 10.2. The molecule has 5 aromatic rings. The molecule has 0 fully saturated rings. The van der Waals surface area contributed by atoms with Gasteiger partial charge in [-0.25, -0.2) is 0 Å². The maximum Gasteiger partial charge on any atom is 0.190 e. The van der Waals surface area contributed by atoms with Gasteiger partial charge < -0.3 is 9.05 Å². The van der Waals surface area contributed by atoms with Crippen LogP contribution >= 0.6 is 0 Å². The van der Waals surface area contributed by atoms with Crippen LogP contribution in [-0.4, -0.2) is 10.3 Å². The van der Waals surface area contributed by atoms with Crippen molar-refractivity contribution >= 4 is 39.3 Å². The van der Waals surface area contributed by atoms with E-state index in [0.29, 0.717) is 22.8 Å². The summed E-state index contributed by atoms with van der Waals surface area (Å²) in [6, 6.07) is 26.4. The van der Waals surface area contributed by atoms with E-state index in [4.69, 9.17) is 9.05 Å². The van der Waals surface area contributed by atoms with Crippen molar-refractivity contribution in [3.8, 4) is 0 Å². The number of hydrogen-bond acceptors (Lipinski definition) is 5. The smallest absolute Gasteiger partial charge is 0.190 e. The third kappa shape index (κ3) is 2.17. The standard InChI is InChI=1S/C20H12N3O2/c1-2-8-14(9-3-1)23(19-15-10-4-6-12-17(15)24-21-19)20-16-11-5-7-13-18(16)25-22-20/h1-8,10-13H. The van der Waals surface area contributed by atoms with Crippen LogP contribution in [0.4, 0.5) is 17.3 Å². The fourth-order valence-electron chi connectivity index (χ4n) is 2.92. The zero-order valence-electron chi connectivity index (χ0n) is 13.1. The number of anilines is 3. The third-order valence-electron chi connectivity index (χ3n) is 4.07. The van der Waals surface area contributed by atoms with E-state index in [1.807, 2.05) is 77.7 Å². The number of rotatable bonds is 3. The largest absolute Gasteiger partial charge is 0.354 e. The van der Waals surface area contributed by atoms with E-state index in [2.05, 4.69) is 16.4 Å². The molecular formula is C20H12N3O2. The van der Waals surface area contributed by atoms with Crippen LogP contribution in [-0.2, 0) is 0 Å². The van der Waals surface area contributed by atoms with Gasteiger partial charge in [0.1, 0.15) is 0 Å². The average molecular weight is 326 g/mol. The molecule has 2 aromatic heterocycles. The Morgan fingerprint density at radius 1 is 0.680 bits per heavy atom. The van der Waals surface area contributed by atoms with Gasteiger partial charge in [0.2, 0.25) is 0 Å². The van der Waals surface area contributed by atoms with Gasteiger partial charge in [-0.1, -0.05) is 52.8 Å². The summed E-state index contributed by atoms with van der Waals surface area (Å²) >= 11 is 0. The van der Waals surface area contributed by atoms with Crippen molar-refractivity contribution in [3.05, 3.63) is 78.9 Å². The molecular weight excluding hydrogens is 314 g/mol. The number of hydrogen-bond donors (Lipinski definition) is 0. The van der Waals surface area contributed by atoms with Crippen LogP contribution in [0.1, 0.15) is 0 Å². The predicted octanol–water partition coefficient (Wildman–Crippen LogP) is 5.24. The predicted molar refractivity (Wildman–Crippen MR) is 95.1 cm³/mol. The molecule has 2 heterocycles. The molecule has 0 bridgehead atoms. The molecule has 0 aliphatic carbocycles. The van der Waals surface area contributed by atoms with E-state index in [-0.39, 0.29) is 0 Å². The van der Waals surface area contributed by atoms with Gasteiger partial charge in [-0.3, -0.25) is 4.90 Å². The average Bonchev–Trinajstić information content (AvgIpc) is 3.29. The van der Waals surface area contributed by atoms with E-state index in [0.717, 1.165) is 16.5 Å². The molecule has 25 heavy (non-hydrogen) atoms. The second-order valence-corrected chi connectivity index (χ2v) is 5.59. The summed E-state index contributed by atoms with van der Waals surface area (Å²) in [7, 11) is 0. The number of fused-ring (bicyclic) bond motifs is 2. The molecule has 5 nitrogen and oxygen atoms in total. The fraction of sp³-hybridized carbons (Fsp3) is 0. The number of para-hydroxylation sites is 3. The topological polar surface area (TPSA) is 55.3 Å². The van der Waals surface area contributed by atoms with Gasteiger partial charge in [0.25, 0.3) is 0 Å². The third-order valence-corrected chi connectivity index (χ3v) is 4.07. The summed E-state index contributed by atoms with van der Waals surface area (Å²) in [5.41, 5.74) is 2.23. The van der Waals surface area contributed by atoms with Crippen LogP contribution in [0.3, 0.4) is 0 Å². The van der Waals surface area contributed by atoms with Gasteiger partial charge in [0, 0.05) is 6.07 Å². The highest BCUT2D eigenvalue weighted by molar-refractivity contribution is 5.99. The molecule has 0 saturated carbocycles. The van der Waals surface area contributed by atoms with Crippen molar-refractivity contribution in [1.82, 2.24) is 10.3 Å². The molecule has 0 aliphatic rings. The Labute approximate surface area is 143 Å². The molecule has 0 N–H and O–H groups in total. The van der Waals surface area contributed by atoms with E-state index >= 15 is 0 Å². The monoisotopic (exact) mass is 326 g/mol. The maximum absolute atomic E-state index is 5.50. The second kappa shape index (κ2) is 5.49. The first kappa shape index (κ1) is 13.8. The van der Waals surface area contributed by atoms with Crippen molar-refractivity contribution in [2.45, 2.75) is 0 Å². The SMILES string of the molecule is [c]1ccccc1N(c1noc2ccccc12)c1noc2ccccc12. The summed E-state index contributed by atoms with van der Waals surface area (Å²) in [5.74, 6) is 1.30. The first-order chi connectivity index (χ1) is 12.4. The lowest BCUT2D eigenvalue weighted by Crippen LogP contribution is -2.11. The number of aromatic nitrogens is 2. The quantitative estimate of drug-likeness (QED) is 0.454. The molecule has 0 amide bonds. The fourth-order valence-corrected chi connectivity index (χ4v) is 2.92. The zero-order valence-corrected chi connectivity index (χ0v) is 13.1. The van der Waals surface area contributed by atoms with E-state index in [1.165, 1.54) is 0 Å². The lowest BCUT2D eigenvalue weighted by molar-refractivity contribution is 0.452. The Morgan fingerprint density at radius 3 is 1.80 bits per heavy atom. The Kier molecular flexibility index (Phi) is 3.03. The first-order valence-electron chi connectivity index (χ1n) is 7.87. The Bertz CT molecular complexity index is 1090. The normalized spacial score (nSPS) is 11.2. The van der Waals surface area contributed by atoms with E-state index in [1.54, 1.807) is 0 Å². The Hall–Kier alpha value is -3.60. The van der Waals surface area contributed by atoms with Gasteiger partial charge in [-0.15, -0.1) is 0 Å². The molecule has 0 unspecified atom stereocenters. The van der Waals surface area contributed by atoms with Gasteiger partial charge in [-0.2, -0.15) is 0 Å². The van der Waals surface area contributed by atoms with Crippen molar-refractivity contribution in [2.75, 3.05) is 4.90 Å². The summed E-state index contributed by atoms with van der Waals surface area (Å²) in [6.07, 6.45) is 0. The van der Waals surface area contributed by atoms with E-state index < -0.39 is 0 Å². The van der Waals surface area contributed by atoms with Crippen molar-refractivity contribution < 1.29 is 9.05 Å².